The van der Waals surface area contributed by atoms with Gasteiger partial charge in [-0.2, -0.15) is 0 Å². The number of aromatic nitrogens is 2. The molecule has 0 bridgehead atoms. The van der Waals surface area contributed by atoms with Gasteiger partial charge in [0, 0.05) is 40.5 Å². The van der Waals surface area contributed by atoms with Gasteiger partial charge in [-0.15, -0.1) is 0 Å². The van der Waals surface area contributed by atoms with Crippen molar-refractivity contribution in [3.63, 3.8) is 0 Å². The summed E-state index contributed by atoms with van der Waals surface area (Å²) in [7, 11) is 0. The minimum Gasteiger partial charge on any atom is -0.310 e. The van der Waals surface area contributed by atoms with E-state index in [-0.39, 0.29) is 0 Å². The molecule has 6 rings (SSSR count). The Morgan fingerprint density at radius 1 is 0.405 bits per heavy atom. The van der Waals surface area contributed by atoms with Crippen molar-refractivity contribution in [3.8, 4) is 33.6 Å². The number of hydrogen-bond acceptors (Lipinski definition) is 3. The van der Waals surface area contributed by atoms with Crippen LogP contribution in [0.5, 0.6) is 0 Å². The van der Waals surface area contributed by atoms with E-state index < -0.39 is 0 Å². The van der Waals surface area contributed by atoms with Crippen molar-refractivity contribution in [2.45, 2.75) is 0 Å². The van der Waals surface area contributed by atoms with Crippen LogP contribution in [0.25, 0.3) is 33.6 Å². The maximum Gasteiger partial charge on any atom is 0.0702 e. The third-order valence-electron chi connectivity index (χ3n) is 6.36. The monoisotopic (exact) mass is 475 g/mol. The summed E-state index contributed by atoms with van der Waals surface area (Å²) in [6.07, 6.45) is 3.67. The van der Waals surface area contributed by atoms with Crippen molar-refractivity contribution < 1.29 is 0 Å². The highest BCUT2D eigenvalue weighted by molar-refractivity contribution is 5.89. The Morgan fingerprint density at radius 2 is 0.919 bits per heavy atom. The van der Waals surface area contributed by atoms with Crippen molar-refractivity contribution in [3.05, 3.63) is 152 Å². The molecule has 4 aromatic carbocycles. The lowest BCUT2D eigenvalue weighted by Crippen LogP contribution is -2.11. The van der Waals surface area contributed by atoms with Crippen LogP contribution >= 0.6 is 0 Å². The molecule has 0 fully saturated rings. The zero-order chi connectivity index (χ0) is 24.9. The van der Waals surface area contributed by atoms with Gasteiger partial charge in [0.15, 0.2) is 0 Å². The third-order valence-corrected chi connectivity index (χ3v) is 6.36. The maximum absolute atomic E-state index is 4.59. The molecule has 3 heteroatoms. The molecule has 0 aliphatic heterocycles. The molecule has 2 heterocycles. The van der Waals surface area contributed by atoms with E-state index in [1.54, 1.807) is 0 Å². The second kappa shape index (κ2) is 10.3. The van der Waals surface area contributed by atoms with E-state index >= 15 is 0 Å². The van der Waals surface area contributed by atoms with Crippen molar-refractivity contribution in [1.29, 1.82) is 0 Å². The molecule has 0 saturated heterocycles. The molecule has 0 atom stereocenters. The van der Waals surface area contributed by atoms with E-state index in [0.29, 0.717) is 0 Å². The predicted molar refractivity (Wildman–Crippen MR) is 153 cm³/mol. The van der Waals surface area contributed by atoms with Gasteiger partial charge in [-0.1, -0.05) is 84.9 Å². The standard InChI is InChI=1S/C34H25N3/c1-2-12-26(13-3-1)31-18-4-5-21-34(31)37(29-16-10-14-27(24-29)32-19-6-8-22-35-32)30-17-11-15-28(25-30)33-20-7-9-23-36-33/h1-25H. The van der Waals surface area contributed by atoms with E-state index in [0.717, 1.165) is 45.1 Å². The largest absolute Gasteiger partial charge is 0.310 e. The highest BCUT2D eigenvalue weighted by atomic mass is 15.1. The third kappa shape index (κ3) is 4.75. The lowest BCUT2D eigenvalue weighted by molar-refractivity contribution is 1.27. The van der Waals surface area contributed by atoms with E-state index in [9.17, 15) is 0 Å². The highest BCUT2D eigenvalue weighted by Gasteiger charge is 2.18. The smallest absolute Gasteiger partial charge is 0.0702 e. The number of rotatable bonds is 6. The number of para-hydroxylation sites is 1. The summed E-state index contributed by atoms with van der Waals surface area (Å²) < 4.78 is 0. The molecule has 0 spiro atoms. The summed E-state index contributed by atoms with van der Waals surface area (Å²) in [5.41, 5.74) is 9.59. The Bertz CT molecular complexity index is 1530. The summed E-state index contributed by atoms with van der Waals surface area (Å²) in [4.78, 5) is 11.5. The minimum absolute atomic E-state index is 0.947. The summed E-state index contributed by atoms with van der Waals surface area (Å²) in [6, 6.07) is 48.2. The first-order valence-corrected chi connectivity index (χ1v) is 12.3. The Balaban J connectivity index is 1.56. The van der Waals surface area contributed by atoms with Crippen LogP contribution in [-0.2, 0) is 0 Å². The van der Waals surface area contributed by atoms with Crippen LogP contribution in [0.1, 0.15) is 0 Å². The quantitative estimate of drug-likeness (QED) is 0.241. The van der Waals surface area contributed by atoms with Gasteiger partial charge in [-0.05, 0) is 60.2 Å². The fourth-order valence-electron chi connectivity index (χ4n) is 4.63. The molecule has 37 heavy (non-hydrogen) atoms. The average Bonchev–Trinajstić information content (AvgIpc) is 2.99. The van der Waals surface area contributed by atoms with Crippen LogP contribution in [0.3, 0.4) is 0 Å². The van der Waals surface area contributed by atoms with Gasteiger partial charge in [0.2, 0.25) is 0 Å². The molecule has 0 amide bonds. The van der Waals surface area contributed by atoms with Crippen LogP contribution in [0.15, 0.2) is 152 Å². The normalized spacial score (nSPS) is 10.7. The van der Waals surface area contributed by atoms with E-state index in [4.69, 9.17) is 0 Å². The van der Waals surface area contributed by atoms with E-state index in [1.807, 2.05) is 48.8 Å². The molecular weight excluding hydrogens is 450 g/mol. The van der Waals surface area contributed by atoms with Crippen LogP contribution in [0.4, 0.5) is 17.1 Å². The molecular formula is C34H25N3. The van der Waals surface area contributed by atoms with E-state index in [2.05, 4.69) is 118 Å². The molecule has 0 radical (unpaired) electrons. The predicted octanol–water partition coefficient (Wildman–Crippen LogP) is 8.95. The van der Waals surface area contributed by atoms with Gasteiger partial charge < -0.3 is 4.90 Å². The first kappa shape index (κ1) is 22.4. The molecule has 2 aromatic heterocycles. The Hall–Kier alpha value is -5.02. The SMILES string of the molecule is c1ccc(-c2ccccc2N(c2cccc(-c3ccccn3)c2)c2cccc(-c3ccccn3)c2)cc1. The number of pyridine rings is 2. The molecule has 0 saturated carbocycles. The van der Waals surface area contributed by atoms with Gasteiger partial charge in [0.05, 0.1) is 17.1 Å². The maximum atomic E-state index is 4.59. The van der Waals surface area contributed by atoms with Crippen LogP contribution in [0.2, 0.25) is 0 Å². The first-order valence-electron chi connectivity index (χ1n) is 12.3. The van der Waals surface area contributed by atoms with Gasteiger partial charge in [0.25, 0.3) is 0 Å². The summed E-state index contributed by atoms with van der Waals surface area (Å²) in [6.45, 7) is 0. The molecule has 0 unspecified atom stereocenters. The first-order chi connectivity index (χ1) is 18.4. The van der Waals surface area contributed by atoms with E-state index in [1.165, 1.54) is 5.56 Å². The molecule has 176 valence electrons. The average molecular weight is 476 g/mol. The van der Waals surface area contributed by atoms with Gasteiger partial charge in [0.1, 0.15) is 0 Å². The van der Waals surface area contributed by atoms with Crippen LogP contribution < -0.4 is 4.90 Å². The Labute approximate surface area is 217 Å². The lowest BCUT2D eigenvalue weighted by atomic mass is 10.0. The molecule has 0 aliphatic rings. The lowest BCUT2D eigenvalue weighted by Gasteiger charge is -2.28. The molecule has 0 aliphatic carbocycles. The zero-order valence-corrected chi connectivity index (χ0v) is 20.3. The molecule has 3 nitrogen and oxygen atoms in total. The minimum atomic E-state index is 0.947. The van der Waals surface area contributed by atoms with Crippen molar-refractivity contribution >= 4 is 17.1 Å². The number of anilines is 3. The molecule has 0 N–H and O–H groups in total. The fraction of sp³-hybridized carbons (Fsp3) is 0. The Morgan fingerprint density at radius 3 is 1.49 bits per heavy atom. The van der Waals surface area contributed by atoms with Crippen molar-refractivity contribution in [2.24, 2.45) is 0 Å². The number of hydrogen-bond donors (Lipinski definition) is 0. The summed E-state index contributed by atoms with van der Waals surface area (Å²) in [5, 5.41) is 0. The van der Waals surface area contributed by atoms with Crippen molar-refractivity contribution in [1.82, 2.24) is 9.97 Å². The van der Waals surface area contributed by atoms with Gasteiger partial charge in [-0.25, -0.2) is 0 Å². The second-order valence-corrected chi connectivity index (χ2v) is 8.75. The number of benzene rings is 4. The zero-order valence-electron chi connectivity index (χ0n) is 20.3. The van der Waals surface area contributed by atoms with Crippen molar-refractivity contribution in [2.75, 3.05) is 4.90 Å². The van der Waals surface area contributed by atoms with Gasteiger partial charge in [-0.3, -0.25) is 9.97 Å². The molecule has 6 aromatic rings. The van der Waals surface area contributed by atoms with Gasteiger partial charge >= 0.3 is 0 Å². The highest BCUT2D eigenvalue weighted by Crippen LogP contribution is 2.42. The van der Waals surface area contributed by atoms with Crippen LogP contribution in [0, 0.1) is 0 Å². The second-order valence-electron chi connectivity index (χ2n) is 8.75. The topological polar surface area (TPSA) is 29.0 Å². The summed E-state index contributed by atoms with van der Waals surface area (Å²) in [5.74, 6) is 0. The number of nitrogens with zero attached hydrogens (tertiary/aromatic N) is 3. The fourth-order valence-corrected chi connectivity index (χ4v) is 4.63. The Kier molecular flexibility index (Phi) is 6.25. The van der Waals surface area contributed by atoms with Crippen LogP contribution in [-0.4, -0.2) is 9.97 Å². The summed E-state index contributed by atoms with van der Waals surface area (Å²) >= 11 is 0.